The second-order valence-electron chi connectivity index (χ2n) is 9.85. The van der Waals surface area contributed by atoms with E-state index in [0.717, 1.165) is 33.5 Å². The van der Waals surface area contributed by atoms with Gasteiger partial charge in [-0.15, -0.1) is 0 Å². The molecular weight excluding hydrogens is 470 g/mol. The van der Waals surface area contributed by atoms with Crippen LogP contribution in [-0.4, -0.2) is 30.8 Å². The Balaban J connectivity index is 1.73. The molecule has 194 valence electrons. The van der Waals surface area contributed by atoms with Gasteiger partial charge in [0.05, 0.1) is 6.42 Å². The van der Waals surface area contributed by atoms with Crippen molar-refractivity contribution in [2.75, 3.05) is 24.3 Å². The van der Waals surface area contributed by atoms with Gasteiger partial charge in [0, 0.05) is 32.0 Å². The van der Waals surface area contributed by atoms with Crippen LogP contribution in [0.4, 0.5) is 11.4 Å². The lowest BCUT2D eigenvalue weighted by Crippen LogP contribution is -2.41. The first kappa shape index (κ1) is 26.7. The summed E-state index contributed by atoms with van der Waals surface area (Å²) in [7, 11) is 3.95. The van der Waals surface area contributed by atoms with E-state index in [9.17, 15) is 9.59 Å². The maximum absolute atomic E-state index is 14.0. The van der Waals surface area contributed by atoms with Crippen LogP contribution in [-0.2, 0) is 22.6 Å². The fourth-order valence-corrected chi connectivity index (χ4v) is 4.44. The minimum atomic E-state index is -0.806. The van der Waals surface area contributed by atoms with E-state index in [4.69, 9.17) is 0 Å². The summed E-state index contributed by atoms with van der Waals surface area (Å²) in [5.74, 6) is -0.357. The molecule has 1 atom stereocenters. The minimum absolute atomic E-state index is 0.108. The predicted molar refractivity (Wildman–Crippen MR) is 155 cm³/mol. The number of hydrogen-bond acceptors (Lipinski definition) is 3. The normalized spacial score (nSPS) is 11.5. The van der Waals surface area contributed by atoms with E-state index >= 15 is 0 Å². The smallest absolute Gasteiger partial charge is 0.251 e. The summed E-state index contributed by atoms with van der Waals surface area (Å²) in [6.45, 7) is 4.36. The molecule has 0 spiro atoms. The monoisotopic (exact) mass is 505 g/mol. The van der Waals surface area contributed by atoms with Crippen LogP contribution in [0.2, 0.25) is 0 Å². The Labute approximate surface area is 225 Å². The Morgan fingerprint density at radius 3 is 2.03 bits per heavy atom. The third kappa shape index (κ3) is 6.68. The molecule has 5 nitrogen and oxygen atoms in total. The van der Waals surface area contributed by atoms with Crippen LogP contribution in [0.15, 0.2) is 103 Å². The topological polar surface area (TPSA) is 52.7 Å². The van der Waals surface area contributed by atoms with Crippen LogP contribution < -0.4 is 10.2 Å². The highest BCUT2D eigenvalue weighted by Gasteiger charge is 2.32. The van der Waals surface area contributed by atoms with Crippen molar-refractivity contribution in [3.8, 4) is 0 Å². The van der Waals surface area contributed by atoms with Crippen LogP contribution >= 0.6 is 0 Å². The third-order valence-corrected chi connectivity index (χ3v) is 6.72. The highest BCUT2D eigenvalue weighted by molar-refractivity contribution is 5.98. The van der Waals surface area contributed by atoms with Gasteiger partial charge in [-0.2, -0.15) is 0 Å². The lowest BCUT2D eigenvalue weighted by Gasteiger charge is -2.32. The van der Waals surface area contributed by atoms with Crippen LogP contribution in [0.25, 0.3) is 0 Å². The van der Waals surface area contributed by atoms with Crippen molar-refractivity contribution in [2.45, 2.75) is 32.9 Å². The van der Waals surface area contributed by atoms with Crippen molar-refractivity contribution < 1.29 is 9.59 Å². The fourth-order valence-electron chi connectivity index (χ4n) is 4.44. The van der Waals surface area contributed by atoms with E-state index in [1.165, 1.54) is 0 Å². The number of benzene rings is 4. The van der Waals surface area contributed by atoms with Crippen LogP contribution in [0.1, 0.15) is 33.9 Å². The Morgan fingerprint density at radius 1 is 0.763 bits per heavy atom. The zero-order valence-electron chi connectivity index (χ0n) is 22.5. The number of aryl methyl sites for hydroxylation is 2. The van der Waals surface area contributed by atoms with Crippen LogP contribution in [0, 0.1) is 13.8 Å². The first-order chi connectivity index (χ1) is 18.3. The molecule has 0 radical (unpaired) electrons. The molecule has 4 rings (SSSR count). The number of nitrogens with one attached hydrogen (secondary N) is 1. The quantitative estimate of drug-likeness (QED) is 0.290. The van der Waals surface area contributed by atoms with Gasteiger partial charge in [0.25, 0.3) is 5.91 Å². The van der Waals surface area contributed by atoms with Crippen molar-refractivity contribution in [2.24, 2.45) is 0 Å². The largest absolute Gasteiger partial charge is 0.378 e. The lowest BCUT2D eigenvalue weighted by atomic mass is 9.99. The molecule has 2 amide bonds. The average Bonchev–Trinajstić information content (AvgIpc) is 2.91. The first-order valence-corrected chi connectivity index (χ1v) is 12.8. The number of hydrogen-bond donors (Lipinski definition) is 1. The lowest BCUT2D eigenvalue weighted by molar-refractivity contribution is -0.139. The summed E-state index contributed by atoms with van der Waals surface area (Å²) < 4.78 is 0. The van der Waals surface area contributed by atoms with E-state index in [-0.39, 0.29) is 18.2 Å². The third-order valence-electron chi connectivity index (χ3n) is 6.72. The second-order valence-corrected chi connectivity index (χ2v) is 9.85. The molecule has 38 heavy (non-hydrogen) atoms. The highest BCUT2D eigenvalue weighted by Crippen LogP contribution is 2.28. The molecule has 0 aliphatic heterocycles. The molecule has 0 aliphatic rings. The van der Waals surface area contributed by atoms with Gasteiger partial charge in [0.15, 0.2) is 0 Å². The number of carbonyl (C=O) groups is 2. The minimum Gasteiger partial charge on any atom is -0.378 e. The summed E-state index contributed by atoms with van der Waals surface area (Å²) in [5, 5.41) is 3.07. The molecule has 0 saturated heterocycles. The van der Waals surface area contributed by atoms with Crippen molar-refractivity contribution in [3.05, 3.63) is 131 Å². The fraction of sp³-hybridized carbons (Fsp3) is 0.212. The number of amides is 2. The Kier molecular flexibility index (Phi) is 8.59. The molecule has 0 saturated carbocycles. The summed E-state index contributed by atoms with van der Waals surface area (Å²) in [6, 6.07) is 32.4. The number of carbonyl (C=O) groups excluding carboxylic acids is 2. The van der Waals surface area contributed by atoms with E-state index in [2.05, 4.69) is 5.32 Å². The predicted octanol–water partition coefficient (Wildman–Crippen LogP) is 6.32. The molecule has 0 bridgehead atoms. The van der Waals surface area contributed by atoms with Gasteiger partial charge < -0.3 is 15.1 Å². The summed E-state index contributed by atoms with van der Waals surface area (Å²) >= 11 is 0. The first-order valence-electron chi connectivity index (χ1n) is 12.8. The van der Waals surface area contributed by atoms with Gasteiger partial charge in [-0.05, 0) is 60.4 Å². The van der Waals surface area contributed by atoms with Gasteiger partial charge in [-0.25, -0.2) is 0 Å². The Hall–Kier alpha value is -4.38. The molecule has 4 aromatic rings. The molecule has 1 N–H and O–H groups in total. The zero-order valence-corrected chi connectivity index (χ0v) is 22.5. The molecular formula is C33H35N3O2. The van der Waals surface area contributed by atoms with Gasteiger partial charge in [0.1, 0.15) is 6.04 Å². The maximum Gasteiger partial charge on any atom is 0.251 e. The number of nitrogens with zero attached hydrogens (tertiary/aromatic N) is 2. The van der Waals surface area contributed by atoms with Crippen LogP contribution in [0.3, 0.4) is 0 Å². The molecule has 0 aliphatic carbocycles. The summed E-state index contributed by atoms with van der Waals surface area (Å²) in [6.07, 6.45) is 0.208. The van der Waals surface area contributed by atoms with Crippen molar-refractivity contribution >= 4 is 23.2 Å². The van der Waals surface area contributed by atoms with Gasteiger partial charge in [-0.1, -0.05) is 84.4 Å². The summed E-state index contributed by atoms with van der Waals surface area (Å²) in [5.41, 5.74) is 6.58. The molecule has 4 aromatic carbocycles. The van der Waals surface area contributed by atoms with E-state index in [0.29, 0.717) is 12.2 Å². The van der Waals surface area contributed by atoms with Gasteiger partial charge >= 0.3 is 0 Å². The molecule has 0 fully saturated rings. The Bertz CT molecular complexity index is 1360. The van der Waals surface area contributed by atoms with Crippen molar-refractivity contribution in [1.82, 2.24) is 4.90 Å². The molecule has 0 heterocycles. The van der Waals surface area contributed by atoms with Gasteiger partial charge in [-0.3, -0.25) is 9.59 Å². The zero-order chi connectivity index (χ0) is 27.1. The second kappa shape index (κ2) is 12.2. The molecule has 5 heteroatoms. The van der Waals surface area contributed by atoms with Crippen molar-refractivity contribution in [3.63, 3.8) is 0 Å². The molecule has 1 unspecified atom stereocenters. The van der Waals surface area contributed by atoms with E-state index < -0.39 is 6.04 Å². The summed E-state index contributed by atoms with van der Waals surface area (Å²) in [4.78, 5) is 31.6. The number of anilines is 2. The molecule has 0 aromatic heterocycles. The van der Waals surface area contributed by atoms with E-state index in [1.807, 2.05) is 136 Å². The SMILES string of the molecule is Cc1ccc(C(C(=O)Nc2ccc(N(C)C)cc2)N(Cc2ccccc2C)C(=O)Cc2ccccc2)cc1. The van der Waals surface area contributed by atoms with Crippen molar-refractivity contribution in [1.29, 1.82) is 0 Å². The average molecular weight is 506 g/mol. The van der Waals surface area contributed by atoms with Crippen LogP contribution in [0.5, 0.6) is 0 Å². The Morgan fingerprint density at radius 2 is 1.39 bits per heavy atom. The van der Waals surface area contributed by atoms with E-state index in [1.54, 1.807) is 4.90 Å². The van der Waals surface area contributed by atoms with Gasteiger partial charge in [0.2, 0.25) is 5.91 Å². The number of rotatable bonds is 9. The standard InChI is InChI=1S/C33H35N3O2/c1-24-14-16-27(17-15-24)32(33(38)34-29-18-20-30(21-19-29)35(3)4)36(23-28-13-9-8-10-25(28)2)31(37)22-26-11-6-5-7-12-26/h5-21,32H,22-23H2,1-4H3,(H,34,38). The maximum atomic E-state index is 14.0. The highest BCUT2D eigenvalue weighted by atomic mass is 16.2.